The van der Waals surface area contributed by atoms with Crippen molar-refractivity contribution in [3.8, 4) is 11.4 Å². The number of nitrogens with one attached hydrogen (secondary N) is 1. The van der Waals surface area contributed by atoms with E-state index in [1.165, 1.54) is 4.80 Å². The number of tetrazole rings is 1. The summed E-state index contributed by atoms with van der Waals surface area (Å²) in [6.07, 6.45) is 0.224. The molecule has 0 saturated heterocycles. The molecule has 2 N–H and O–H groups in total. The zero-order valence-electron chi connectivity index (χ0n) is 11.9. The largest absolute Gasteiger partial charge is 0.392 e. The van der Waals surface area contributed by atoms with Crippen molar-refractivity contribution >= 4 is 17.2 Å². The molecule has 0 radical (unpaired) electrons. The lowest BCUT2D eigenvalue weighted by Crippen LogP contribution is -2.61. The average Bonchev–Trinajstić information content (AvgIpc) is 3.08. The highest BCUT2D eigenvalue weighted by Crippen LogP contribution is 2.40. The summed E-state index contributed by atoms with van der Waals surface area (Å²) in [5, 5.41) is 28.4. The van der Waals surface area contributed by atoms with Crippen LogP contribution < -0.4 is 5.32 Å². The first-order valence-electron chi connectivity index (χ1n) is 6.74. The Morgan fingerprint density at radius 3 is 3.05 bits per heavy atom. The minimum absolute atomic E-state index is 0.0140. The Balaban J connectivity index is 1.59. The first-order chi connectivity index (χ1) is 9.96. The summed E-state index contributed by atoms with van der Waals surface area (Å²) in [4.78, 5) is 13.3. The highest BCUT2D eigenvalue weighted by Gasteiger charge is 2.47. The van der Waals surface area contributed by atoms with Gasteiger partial charge >= 0.3 is 0 Å². The summed E-state index contributed by atoms with van der Waals surface area (Å²) < 4.78 is 0. The maximum atomic E-state index is 12.0. The van der Waals surface area contributed by atoms with Crippen LogP contribution in [0.2, 0.25) is 0 Å². The van der Waals surface area contributed by atoms with E-state index in [1.807, 2.05) is 30.7 Å². The monoisotopic (exact) mass is 307 g/mol. The number of carbonyl (C=O) groups excluding carboxylic acids is 1. The average molecular weight is 307 g/mol. The van der Waals surface area contributed by atoms with E-state index in [0.29, 0.717) is 12.2 Å². The van der Waals surface area contributed by atoms with E-state index in [1.54, 1.807) is 11.3 Å². The third-order valence-electron chi connectivity index (χ3n) is 4.07. The fourth-order valence-corrected chi connectivity index (χ4v) is 2.97. The number of hydrogen-bond donors (Lipinski definition) is 2. The molecule has 21 heavy (non-hydrogen) atoms. The van der Waals surface area contributed by atoms with Gasteiger partial charge in [0, 0.05) is 22.4 Å². The van der Waals surface area contributed by atoms with Gasteiger partial charge in [0.1, 0.15) is 6.54 Å². The van der Waals surface area contributed by atoms with Gasteiger partial charge in [0.25, 0.3) is 0 Å². The van der Waals surface area contributed by atoms with Crippen molar-refractivity contribution in [2.75, 3.05) is 0 Å². The molecular formula is C13H17N5O2S. The number of amides is 1. The summed E-state index contributed by atoms with van der Waals surface area (Å²) in [6.45, 7) is 3.91. The van der Waals surface area contributed by atoms with Crippen molar-refractivity contribution in [1.82, 2.24) is 25.5 Å². The second-order valence-corrected chi connectivity index (χ2v) is 6.63. The van der Waals surface area contributed by atoms with Crippen LogP contribution in [0, 0.1) is 5.41 Å². The van der Waals surface area contributed by atoms with Gasteiger partial charge in [-0.15, -0.1) is 10.2 Å². The van der Waals surface area contributed by atoms with Gasteiger partial charge in [0.05, 0.1) is 6.10 Å². The van der Waals surface area contributed by atoms with E-state index in [4.69, 9.17) is 0 Å². The SMILES string of the molecule is CC1(C)C(O)CC1NC(=O)Cn1nnc(-c2ccsc2)n1. The second kappa shape index (κ2) is 5.19. The Morgan fingerprint density at radius 2 is 2.43 bits per heavy atom. The molecule has 1 fully saturated rings. The molecule has 3 rings (SSSR count). The maximum absolute atomic E-state index is 12.0. The molecule has 1 amide bonds. The lowest BCUT2D eigenvalue weighted by atomic mass is 9.64. The Kier molecular flexibility index (Phi) is 3.50. The Bertz CT molecular complexity index is 637. The van der Waals surface area contributed by atoms with Gasteiger partial charge in [-0.2, -0.15) is 16.1 Å². The van der Waals surface area contributed by atoms with E-state index in [0.717, 1.165) is 5.56 Å². The zero-order chi connectivity index (χ0) is 15.0. The summed E-state index contributed by atoms with van der Waals surface area (Å²) in [7, 11) is 0. The number of aromatic nitrogens is 4. The summed E-state index contributed by atoms with van der Waals surface area (Å²) in [5.74, 6) is 0.345. The van der Waals surface area contributed by atoms with Crippen LogP contribution in [0.5, 0.6) is 0 Å². The molecule has 0 aliphatic heterocycles. The highest BCUT2D eigenvalue weighted by molar-refractivity contribution is 7.08. The van der Waals surface area contributed by atoms with Crippen molar-refractivity contribution in [1.29, 1.82) is 0 Å². The van der Waals surface area contributed by atoms with Crippen LogP contribution in [0.1, 0.15) is 20.3 Å². The molecule has 7 nitrogen and oxygen atoms in total. The van der Waals surface area contributed by atoms with Gasteiger partial charge < -0.3 is 10.4 Å². The Hall–Kier alpha value is -1.80. The molecule has 2 atom stereocenters. The molecule has 0 spiro atoms. The molecule has 1 saturated carbocycles. The standard InChI is InChI=1S/C13H17N5O2S/c1-13(2)9(5-10(13)19)14-11(20)6-18-16-12(15-17-18)8-3-4-21-7-8/h3-4,7,9-10,19H,5-6H2,1-2H3,(H,14,20). The Labute approximate surface area is 126 Å². The first-order valence-corrected chi connectivity index (χ1v) is 7.69. The van der Waals surface area contributed by atoms with E-state index in [2.05, 4.69) is 20.7 Å². The molecule has 2 aromatic heterocycles. The minimum atomic E-state index is -0.363. The van der Waals surface area contributed by atoms with E-state index in [-0.39, 0.29) is 30.0 Å². The smallest absolute Gasteiger partial charge is 0.243 e. The van der Waals surface area contributed by atoms with E-state index < -0.39 is 0 Å². The van der Waals surface area contributed by atoms with Crippen LogP contribution in [-0.4, -0.2) is 43.4 Å². The van der Waals surface area contributed by atoms with Gasteiger partial charge in [-0.25, -0.2) is 0 Å². The van der Waals surface area contributed by atoms with Crippen LogP contribution in [-0.2, 0) is 11.3 Å². The van der Waals surface area contributed by atoms with Gasteiger partial charge in [0.15, 0.2) is 0 Å². The third-order valence-corrected chi connectivity index (χ3v) is 4.75. The molecule has 1 aliphatic rings. The number of aliphatic hydroxyl groups is 1. The summed E-state index contributed by atoms with van der Waals surface area (Å²) in [6, 6.07) is 1.89. The van der Waals surface area contributed by atoms with E-state index >= 15 is 0 Å². The van der Waals surface area contributed by atoms with Crippen molar-refractivity contribution < 1.29 is 9.90 Å². The molecule has 8 heteroatoms. The molecule has 2 heterocycles. The lowest BCUT2D eigenvalue weighted by Gasteiger charge is -2.49. The summed E-state index contributed by atoms with van der Waals surface area (Å²) in [5.41, 5.74) is 0.614. The maximum Gasteiger partial charge on any atom is 0.243 e. The normalized spacial score (nSPS) is 23.6. The fraction of sp³-hybridized carbons (Fsp3) is 0.538. The predicted octanol–water partition coefficient (Wildman–Crippen LogP) is 0.677. The number of nitrogens with zero attached hydrogens (tertiary/aromatic N) is 4. The third kappa shape index (κ3) is 2.68. The van der Waals surface area contributed by atoms with Gasteiger partial charge in [-0.1, -0.05) is 13.8 Å². The van der Waals surface area contributed by atoms with Crippen molar-refractivity contribution in [2.24, 2.45) is 5.41 Å². The van der Waals surface area contributed by atoms with Crippen LogP contribution in [0.25, 0.3) is 11.4 Å². The molecule has 0 bridgehead atoms. The summed E-state index contributed by atoms with van der Waals surface area (Å²) >= 11 is 1.56. The quantitative estimate of drug-likeness (QED) is 0.866. The zero-order valence-corrected chi connectivity index (χ0v) is 12.7. The molecular weight excluding hydrogens is 290 g/mol. The number of thiophene rings is 1. The predicted molar refractivity (Wildman–Crippen MR) is 77.5 cm³/mol. The van der Waals surface area contributed by atoms with Crippen LogP contribution in [0.15, 0.2) is 16.8 Å². The number of aliphatic hydroxyl groups excluding tert-OH is 1. The topological polar surface area (TPSA) is 92.9 Å². The van der Waals surface area contributed by atoms with Gasteiger partial charge in [-0.3, -0.25) is 4.79 Å². The minimum Gasteiger partial charge on any atom is -0.392 e. The fourth-order valence-electron chi connectivity index (χ4n) is 2.33. The van der Waals surface area contributed by atoms with Crippen LogP contribution in [0.4, 0.5) is 0 Å². The number of carbonyl (C=O) groups is 1. The highest BCUT2D eigenvalue weighted by atomic mass is 32.1. The van der Waals surface area contributed by atoms with Crippen LogP contribution in [0.3, 0.4) is 0 Å². The molecule has 1 aliphatic carbocycles. The molecule has 2 aromatic rings. The van der Waals surface area contributed by atoms with Crippen molar-refractivity contribution in [2.45, 2.75) is 39.0 Å². The second-order valence-electron chi connectivity index (χ2n) is 5.85. The van der Waals surface area contributed by atoms with Crippen molar-refractivity contribution in [3.05, 3.63) is 16.8 Å². The molecule has 0 aromatic carbocycles. The van der Waals surface area contributed by atoms with E-state index in [9.17, 15) is 9.90 Å². The number of hydrogen-bond acceptors (Lipinski definition) is 6. The van der Waals surface area contributed by atoms with Crippen LogP contribution >= 0.6 is 11.3 Å². The number of rotatable bonds is 4. The Morgan fingerprint density at radius 1 is 1.62 bits per heavy atom. The lowest BCUT2D eigenvalue weighted by molar-refractivity contribution is -0.130. The molecule has 2 unspecified atom stereocenters. The first kappa shape index (κ1) is 14.2. The van der Waals surface area contributed by atoms with Gasteiger partial charge in [-0.05, 0) is 23.1 Å². The van der Waals surface area contributed by atoms with Gasteiger partial charge in [0.2, 0.25) is 11.7 Å². The van der Waals surface area contributed by atoms with Crippen molar-refractivity contribution in [3.63, 3.8) is 0 Å². The molecule has 112 valence electrons.